The number of hydrogen-bond acceptors (Lipinski definition) is 3. The van der Waals surface area contributed by atoms with Crippen LogP contribution in [0.2, 0.25) is 0 Å². The van der Waals surface area contributed by atoms with E-state index >= 15 is 0 Å². The van der Waals surface area contributed by atoms with Crippen LogP contribution in [0.4, 0.5) is 4.79 Å². The van der Waals surface area contributed by atoms with Crippen molar-refractivity contribution in [2.75, 3.05) is 19.6 Å². The van der Waals surface area contributed by atoms with Gasteiger partial charge in [0.1, 0.15) is 0 Å². The van der Waals surface area contributed by atoms with E-state index in [0.717, 1.165) is 54.5 Å². The normalized spacial score (nSPS) is 17.7. The number of nitrogens with zero attached hydrogens (tertiary/aromatic N) is 1. The third-order valence-electron chi connectivity index (χ3n) is 6.83. The highest BCUT2D eigenvalue weighted by Crippen LogP contribution is 2.29. The Labute approximate surface area is 186 Å². The summed E-state index contributed by atoms with van der Waals surface area (Å²) in [7, 11) is 0. The molecule has 2 aliphatic rings. The molecule has 0 radical (unpaired) electrons. The number of amides is 2. The van der Waals surface area contributed by atoms with E-state index in [1.54, 1.807) is 0 Å². The average Bonchev–Trinajstić information content (AvgIpc) is 3.17. The van der Waals surface area contributed by atoms with Crippen molar-refractivity contribution in [1.82, 2.24) is 20.5 Å². The molecule has 3 aromatic rings. The molecular weight excluding hydrogens is 404 g/mol. The minimum atomic E-state index is -0.910. The van der Waals surface area contributed by atoms with Crippen molar-refractivity contribution in [3.8, 4) is 0 Å². The second kappa shape index (κ2) is 8.31. The number of hydrogen-bond donors (Lipinski definition) is 4. The van der Waals surface area contributed by atoms with Gasteiger partial charge in [0, 0.05) is 46.2 Å². The molecule has 32 heavy (non-hydrogen) atoms. The largest absolute Gasteiger partial charge is 0.465 e. The summed E-state index contributed by atoms with van der Waals surface area (Å²) >= 11 is 0. The monoisotopic (exact) mass is 432 g/mol. The Hall–Kier alpha value is -3.32. The molecule has 4 N–H and O–H groups in total. The molecule has 0 spiro atoms. The topological polar surface area (TPSA) is 97.5 Å². The number of carboxylic acid groups (broad SMARTS) is 1. The smallest absolute Gasteiger partial charge is 0.407 e. The quantitative estimate of drug-likeness (QED) is 0.509. The molecule has 1 saturated heterocycles. The molecule has 0 saturated carbocycles. The van der Waals surface area contributed by atoms with Crippen LogP contribution in [0.3, 0.4) is 0 Å². The Balaban J connectivity index is 1.42. The summed E-state index contributed by atoms with van der Waals surface area (Å²) in [5.74, 6) is -0.0782. The van der Waals surface area contributed by atoms with Gasteiger partial charge < -0.3 is 25.6 Å². The number of piperidine rings is 1. The predicted molar refractivity (Wildman–Crippen MR) is 123 cm³/mol. The number of benzene rings is 2. The Morgan fingerprint density at radius 2 is 1.88 bits per heavy atom. The molecule has 2 amide bonds. The number of H-pyrrole nitrogens is 1. The van der Waals surface area contributed by atoms with Crippen LogP contribution in [0.5, 0.6) is 0 Å². The highest BCUT2D eigenvalue weighted by molar-refractivity contribution is 5.99. The van der Waals surface area contributed by atoms with Crippen LogP contribution in [0, 0.1) is 0 Å². The fourth-order valence-electron chi connectivity index (χ4n) is 5.07. The molecule has 2 aliphatic heterocycles. The van der Waals surface area contributed by atoms with Gasteiger partial charge in [0.15, 0.2) is 0 Å². The van der Waals surface area contributed by atoms with E-state index in [1.807, 2.05) is 36.4 Å². The molecule has 7 nitrogen and oxygen atoms in total. The van der Waals surface area contributed by atoms with Crippen molar-refractivity contribution in [1.29, 1.82) is 0 Å². The molecule has 1 fully saturated rings. The van der Waals surface area contributed by atoms with Crippen LogP contribution in [-0.4, -0.2) is 52.2 Å². The lowest BCUT2D eigenvalue weighted by Crippen LogP contribution is -2.55. The van der Waals surface area contributed by atoms with Gasteiger partial charge in [-0.25, -0.2) is 4.79 Å². The van der Waals surface area contributed by atoms with Gasteiger partial charge in [-0.15, -0.1) is 0 Å². The third kappa shape index (κ3) is 3.96. The number of carbonyl (C=O) groups excluding carboxylic acids is 1. The SMILES string of the molecule is O=C(NC1(Cc2ccccc2)CCNCC1)c1ccc2[nH]c3c(c2c1)CN(C(=O)O)CC3. The highest BCUT2D eigenvalue weighted by Gasteiger charge is 2.34. The van der Waals surface area contributed by atoms with Crippen LogP contribution in [-0.2, 0) is 19.4 Å². The minimum Gasteiger partial charge on any atom is -0.465 e. The van der Waals surface area contributed by atoms with Crippen LogP contribution in [0.15, 0.2) is 48.5 Å². The van der Waals surface area contributed by atoms with Gasteiger partial charge in [-0.3, -0.25) is 4.79 Å². The molecule has 166 valence electrons. The van der Waals surface area contributed by atoms with Crippen LogP contribution in [0.1, 0.15) is 40.0 Å². The molecule has 0 atom stereocenters. The number of fused-ring (bicyclic) bond motifs is 3. The maximum Gasteiger partial charge on any atom is 0.407 e. The van der Waals surface area contributed by atoms with Gasteiger partial charge in [0.25, 0.3) is 5.91 Å². The molecule has 1 aromatic heterocycles. The molecular formula is C25H28N4O3. The Bertz CT molecular complexity index is 1150. The molecule has 7 heteroatoms. The zero-order valence-corrected chi connectivity index (χ0v) is 18.0. The maximum absolute atomic E-state index is 13.4. The number of aromatic nitrogens is 1. The molecule has 0 unspecified atom stereocenters. The molecule has 2 aromatic carbocycles. The maximum atomic E-state index is 13.4. The summed E-state index contributed by atoms with van der Waals surface area (Å²) < 4.78 is 0. The predicted octanol–water partition coefficient (Wildman–Crippen LogP) is 3.30. The van der Waals surface area contributed by atoms with Gasteiger partial charge in [-0.1, -0.05) is 30.3 Å². The molecule has 3 heterocycles. The molecule has 0 aliphatic carbocycles. The van der Waals surface area contributed by atoms with Gasteiger partial charge in [-0.2, -0.15) is 0 Å². The van der Waals surface area contributed by atoms with Crippen molar-refractivity contribution < 1.29 is 14.7 Å². The summed E-state index contributed by atoms with van der Waals surface area (Å²) in [6.07, 6.45) is 2.31. The second-order valence-electron chi connectivity index (χ2n) is 8.94. The van der Waals surface area contributed by atoms with E-state index < -0.39 is 6.09 Å². The first kappa shape index (κ1) is 20.6. The minimum absolute atomic E-state index is 0.0782. The van der Waals surface area contributed by atoms with Crippen LogP contribution in [0.25, 0.3) is 10.9 Å². The zero-order chi connectivity index (χ0) is 22.1. The summed E-state index contributed by atoms with van der Waals surface area (Å²) in [4.78, 5) is 29.6. The Morgan fingerprint density at radius 3 is 2.62 bits per heavy atom. The third-order valence-corrected chi connectivity index (χ3v) is 6.83. The summed E-state index contributed by atoms with van der Waals surface area (Å²) in [5, 5.41) is 17.1. The molecule has 0 bridgehead atoms. The molecule has 5 rings (SSSR count). The van der Waals surface area contributed by atoms with Crippen molar-refractivity contribution in [2.45, 2.75) is 37.8 Å². The van der Waals surface area contributed by atoms with Gasteiger partial charge in [-0.05, 0) is 56.1 Å². The fraction of sp³-hybridized carbons (Fsp3) is 0.360. The van der Waals surface area contributed by atoms with E-state index in [4.69, 9.17) is 0 Å². The van der Waals surface area contributed by atoms with Crippen molar-refractivity contribution in [2.24, 2.45) is 0 Å². The van der Waals surface area contributed by atoms with E-state index in [9.17, 15) is 14.7 Å². The van der Waals surface area contributed by atoms with Gasteiger partial charge in [0.05, 0.1) is 6.54 Å². The lowest BCUT2D eigenvalue weighted by atomic mass is 9.82. The van der Waals surface area contributed by atoms with Crippen molar-refractivity contribution in [3.63, 3.8) is 0 Å². The number of aromatic amines is 1. The Morgan fingerprint density at radius 1 is 1.09 bits per heavy atom. The second-order valence-corrected chi connectivity index (χ2v) is 8.94. The van der Waals surface area contributed by atoms with Crippen LogP contribution < -0.4 is 10.6 Å². The van der Waals surface area contributed by atoms with E-state index in [1.165, 1.54) is 10.5 Å². The van der Waals surface area contributed by atoms with Crippen molar-refractivity contribution >= 4 is 22.9 Å². The standard InChI is InChI=1S/C25H28N4O3/c30-23(28-25(9-11-26-12-10-25)15-17-4-2-1-3-5-17)18-6-7-21-19(14-18)20-16-29(24(31)32)13-8-22(20)27-21/h1-7,14,26-27H,8-13,15-16H2,(H,28,30)(H,31,32). The fourth-order valence-corrected chi connectivity index (χ4v) is 5.07. The van der Waals surface area contributed by atoms with E-state index in [2.05, 4.69) is 27.8 Å². The summed E-state index contributed by atoms with van der Waals surface area (Å²) in [6.45, 7) is 2.59. The number of carbonyl (C=O) groups is 2. The van der Waals surface area contributed by atoms with Crippen LogP contribution >= 0.6 is 0 Å². The zero-order valence-electron chi connectivity index (χ0n) is 18.0. The van der Waals surface area contributed by atoms with E-state index in [-0.39, 0.29) is 11.4 Å². The first-order valence-electron chi connectivity index (χ1n) is 11.2. The van der Waals surface area contributed by atoms with Gasteiger partial charge in [0.2, 0.25) is 0 Å². The number of rotatable bonds is 4. The lowest BCUT2D eigenvalue weighted by Gasteiger charge is -2.39. The lowest BCUT2D eigenvalue weighted by molar-refractivity contribution is 0.0874. The van der Waals surface area contributed by atoms with Crippen molar-refractivity contribution in [3.05, 3.63) is 70.9 Å². The average molecular weight is 433 g/mol. The highest BCUT2D eigenvalue weighted by atomic mass is 16.4. The first-order valence-corrected chi connectivity index (χ1v) is 11.2. The van der Waals surface area contributed by atoms with E-state index in [0.29, 0.717) is 25.1 Å². The summed E-state index contributed by atoms with van der Waals surface area (Å²) in [5.41, 5.74) is 4.53. The summed E-state index contributed by atoms with van der Waals surface area (Å²) in [6, 6.07) is 16.0. The first-order chi connectivity index (χ1) is 15.5. The Kier molecular flexibility index (Phi) is 5.35. The number of nitrogens with one attached hydrogen (secondary N) is 3. The van der Waals surface area contributed by atoms with Gasteiger partial charge >= 0.3 is 6.09 Å².